The van der Waals surface area contributed by atoms with Crippen molar-refractivity contribution >= 4 is 5.91 Å². The van der Waals surface area contributed by atoms with Crippen LogP contribution >= 0.6 is 0 Å². The van der Waals surface area contributed by atoms with Crippen LogP contribution in [0.25, 0.3) is 0 Å². The van der Waals surface area contributed by atoms with E-state index in [0.29, 0.717) is 13.2 Å². The third-order valence-corrected chi connectivity index (χ3v) is 5.98. The Morgan fingerprint density at radius 3 is 2.61 bits per heavy atom. The average Bonchev–Trinajstić information content (AvgIpc) is 2.74. The molecule has 2 aliphatic rings. The van der Waals surface area contributed by atoms with E-state index in [-0.39, 0.29) is 11.4 Å². The molecule has 156 valence electrons. The van der Waals surface area contributed by atoms with Gasteiger partial charge in [0.1, 0.15) is 12.4 Å². The molecule has 0 aromatic heterocycles. The van der Waals surface area contributed by atoms with Gasteiger partial charge in [0.2, 0.25) is 5.91 Å². The van der Waals surface area contributed by atoms with Crippen LogP contribution in [0.4, 0.5) is 0 Å². The van der Waals surface area contributed by atoms with E-state index in [2.05, 4.69) is 10.2 Å². The zero-order chi connectivity index (χ0) is 19.7. The van der Waals surface area contributed by atoms with Crippen LogP contribution < -0.4 is 10.1 Å². The Morgan fingerprint density at radius 2 is 1.89 bits per heavy atom. The van der Waals surface area contributed by atoms with Crippen LogP contribution in [-0.2, 0) is 9.53 Å². The Kier molecular flexibility index (Phi) is 8.13. The lowest BCUT2D eigenvalue weighted by Crippen LogP contribution is -2.60. The molecule has 0 bridgehead atoms. The SMILES string of the molecule is CN(CCOc1ccccc1)CC(=O)NCC1(N2CCOCC2)CCCCC1. The van der Waals surface area contributed by atoms with E-state index in [1.165, 1.54) is 32.1 Å². The second-order valence-electron chi connectivity index (χ2n) is 8.06. The number of nitrogens with one attached hydrogen (secondary N) is 1. The van der Waals surface area contributed by atoms with Crippen LogP contribution in [0.5, 0.6) is 5.75 Å². The summed E-state index contributed by atoms with van der Waals surface area (Å²) < 4.78 is 11.3. The third-order valence-electron chi connectivity index (χ3n) is 5.98. The topological polar surface area (TPSA) is 54.0 Å². The Bertz CT molecular complexity index is 584. The molecular weight excluding hydrogens is 354 g/mol. The van der Waals surface area contributed by atoms with Gasteiger partial charge in [-0.3, -0.25) is 14.6 Å². The minimum Gasteiger partial charge on any atom is -0.492 e. The third kappa shape index (κ3) is 6.19. The van der Waals surface area contributed by atoms with Gasteiger partial charge in [0.15, 0.2) is 0 Å². The quantitative estimate of drug-likeness (QED) is 0.701. The average molecular weight is 390 g/mol. The molecule has 1 aromatic rings. The van der Waals surface area contributed by atoms with Crippen molar-refractivity contribution in [2.75, 3.05) is 59.6 Å². The highest BCUT2D eigenvalue weighted by atomic mass is 16.5. The van der Waals surface area contributed by atoms with Crippen LogP contribution in [0.15, 0.2) is 30.3 Å². The summed E-state index contributed by atoms with van der Waals surface area (Å²) in [6, 6.07) is 9.79. The van der Waals surface area contributed by atoms with E-state index < -0.39 is 0 Å². The van der Waals surface area contributed by atoms with Crippen molar-refractivity contribution in [3.63, 3.8) is 0 Å². The van der Waals surface area contributed by atoms with Gasteiger partial charge >= 0.3 is 0 Å². The summed E-state index contributed by atoms with van der Waals surface area (Å²) in [6.45, 7) is 6.01. The molecule has 1 heterocycles. The molecule has 6 heteroatoms. The van der Waals surface area contributed by atoms with Crippen molar-refractivity contribution in [2.45, 2.75) is 37.6 Å². The molecule has 3 rings (SSSR count). The number of morpholine rings is 1. The molecule has 1 saturated carbocycles. The van der Waals surface area contributed by atoms with Gasteiger partial charge in [-0.1, -0.05) is 37.5 Å². The van der Waals surface area contributed by atoms with Crippen molar-refractivity contribution in [1.82, 2.24) is 15.1 Å². The molecule has 1 aliphatic heterocycles. The largest absolute Gasteiger partial charge is 0.492 e. The first-order valence-electron chi connectivity index (χ1n) is 10.6. The molecule has 1 saturated heterocycles. The van der Waals surface area contributed by atoms with Crippen LogP contribution in [0, 0.1) is 0 Å². The van der Waals surface area contributed by atoms with Crippen molar-refractivity contribution in [1.29, 1.82) is 0 Å². The van der Waals surface area contributed by atoms with Gasteiger partial charge in [0.25, 0.3) is 0 Å². The summed E-state index contributed by atoms with van der Waals surface area (Å²) in [4.78, 5) is 17.1. The normalized spacial score (nSPS) is 20.1. The van der Waals surface area contributed by atoms with Gasteiger partial charge < -0.3 is 14.8 Å². The monoisotopic (exact) mass is 389 g/mol. The molecule has 6 nitrogen and oxygen atoms in total. The van der Waals surface area contributed by atoms with Gasteiger partial charge in [-0.15, -0.1) is 0 Å². The van der Waals surface area contributed by atoms with E-state index >= 15 is 0 Å². The number of rotatable bonds is 9. The molecule has 1 aromatic carbocycles. The summed E-state index contributed by atoms with van der Waals surface area (Å²) in [5.41, 5.74) is 0.118. The van der Waals surface area contributed by atoms with E-state index in [0.717, 1.165) is 45.1 Å². The zero-order valence-corrected chi connectivity index (χ0v) is 17.2. The van der Waals surface area contributed by atoms with Gasteiger partial charge in [-0.05, 0) is 32.0 Å². The molecule has 0 radical (unpaired) electrons. The molecule has 1 amide bonds. The first kappa shape index (κ1) is 21.1. The predicted octanol–water partition coefficient (Wildman–Crippen LogP) is 2.15. The van der Waals surface area contributed by atoms with Crippen molar-refractivity contribution in [3.05, 3.63) is 30.3 Å². The molecule has 0 unspecified atom stereocenters. The first-order chi connectivity index (χ1) is 13.7. The van der Waals surface area contributed by atoms with Crippen LogP contribution in [0.1, 0.15) is 32.1 Å². The first-order valence-corrected chi connectivity index (χ1v) is 10.6. The molecular formula is C22H35N3O3. The van der Waals surface area contributed by atoms with Gasteiger partial charge in [-0.25, -0.2) is 0 Å². The lowest BCUT2D eigenvalue weighted by Gasteiger charge is -2.48. The summed E-state index contributed by atoms with van der Waals surface area (Å²) in [5.74, 6) is 0.963. The zero-order valence-electron chi connectivity index (χ0n) is 17.2. The lowest BCUT2D eigenvalue weighted by atomic mass is 9.79. The number of para-hydroxylation sites is 1. The number of amides is 1. The Labute approximate surface area is 169 Å². The van der Waals surface area contributed by atoms with Crippen LogP contribution in [-0.4, -0.2) is 80.8 Å². The molecule has 1 N–H and O–H groups in total. The minimum absolute atomic E-state index is 0.0976. The Morgan fingerprint density at radius 1 is 1.18 bits per heavy atom. The molecule has 0 atom stereocenters. The second kappa shape index (κ2) is 10.8. The highest BCUT2D eigenvalue weighted by molar-refractivity contribution is 5.78. The maximum atomic E-state index is 12.5. The fourth-order valence-electron chi connectivity index (χ4n) is 4.33. The number of nitrogens with zero attached hydrogens (tertiary/aromatic N) is 2. The highest BCUT2D eigenvalue weighted by Crippen LogP contribution is 2.33. The summed E-state index contributed by atoms with van der Waals surface area (Å²) in [7, 11) is 1.96. The second-order valence-corrected chi connectivity index (χ2v) is 8.06. The standard InChI is InChI=1S/C22H35N3O3/c1-24(12-17-28-20-8-4-2-5-9-20)18-21(26)23-19-22(10-6-3-7-11-22)25-13-15-27-16-14-25/h2,4-5,8-9H,3,6-7,10-19H2,1H3,(H,23,26). The maximum Gasteiger partial charge on any atom is 0.234 e. The van der Waals surface area contributed by atoms with Crippen molar-refractivity contribution < 1.29 is 14.3 Å². The van der Waals surface area contributed by atoms with E-state index in [9.17, 15) is 4.79 Å². The number of likely N-dealkylation sites (N-methyl/N-ethyl adjacent to an activating group) is 1. The number of carbonyl (C=O) groups excluding carboxylic acids is 1. The summed E-state index contributed by atoms with van der Waals surface area (Å²) in [5, 5.41) is 3.23. The maximum absolute atomic E-state index is 12.5. The number of carbonyl (C=O) groups is 1. The lowest BCUT2D eigenvalue weighted by molar-refractivity contribution is -0.123. The highest BCUT2D eigenvalue weighted by Gasteiger charge is 2.38. The minimum atomic E-state index is 0.0976. The van der Waals surface area contributed by atoms with E-state index in [1.807, 2.05) is 42.3 Å². The Hall–Kier alpha value is -1.63. The van der Waals surface area contributed by atoms with Crippen molar-refractivity contribution in [3.8, 4) is 5.75 Å². The van der Waals surface area contributed by atoms with Crippen LogP contribution in [0.2, 0.25) is 0 Å². The van der Waals surface area contributed by atoms with Crippen molar-refractivity contribution in [2.24, 2.45) is 0 Å². The van der Waals surface area contributed by atoms with E-state index in [4.69, 9.17) is 9.47 Å². The fraction of sp³-hybridized carbons (Fsp3) is 0.682. The Balaban J connectivity index is 1.41. The number of ether oxygens (including phenoxy) is 2. The van der Waals surface area contributed by atoms with Gasteiger partial charge in [0.05, 0.1) is 19.8 Å². The number of hydrogen-bond donors (Lipinski definition) is 1. The van der Waals surface area contributed by atoms with Crippen LogP contribution in [0.3, 0.4) is 0 Å². The van der Waals surface area contributed by atoms with Gasteiger partial charge in [-0.2, -0.15) is 0 Å². The summed E-state index contributed by atoms with van der Waals surface area (Å²) >= 11 is 0. The molecule has 1 aliphatic carbocycles. The summed E-state index contributed by atoms with van der Waals surface area (Å²) in [6.07, 6.45) is 6.17. The molecule has 2 fully saturated rings. The number of hydrogen-bond acceptors (Lipinski definition) is 5. The molecule has 0 spiro atoms. The smallest absolute Gasteiger partial charge is 0.234 e. The molecule has 28 heavy (non-hydrogen) atoms. The fourth-order valence-corrected chi connectivity index (χ4v) is 4.33. The van der Waals surface area contributed by atoms with Gasteiger partial charge in [0, 0.05) is 31.7 Å². The number of benzene rings is 1. The predicted molar refractivity (Wildman–Crippen MR) is 111 cm³/mol. The van der Waals surface area contributed by atoms with E-state index in [1.54, 1.807) is 0 Å².